The second kappa shape index (κ2) is 9.93. The van der Waals surface area contributed by atoms with E-state index in [0.717, 1.165) is 32.7 Å². The summed E-state index contributed by atoms with van der Waals surface area (Å²) in [4.78, 5) is 10.2. The van der Waals surface area contributed by atoms with Gasteiger partial charge in [-0.05, 0) is 31.8 Å². The monoisotopic (exact) mass is 217 g/mol. The summed E-state index contributed by atoms with van der Waals surface area (Å²) in [5, 5.41) is 11.6. The molecule has 0 heterocycles. The Kier molecular flexibility index (Phi) is 9.52. The van der Waals surface area contributed by atoms with Crippen LogP contribution in [0.5, 0.6) is 0 Å². The van der Waals surface area contributed by atoms with Crippen LogP contribution in [0.3, 0.4) is 0 Å². The van der Waals surface area contributed by atoms with Gasteiger partial charge in [0, 0.05) is 19.6 Å². The van der Waals surface area contributed by atoms with E-state index in [0.29, 0.717) is 12.3 Å². The molecule has 0 aromatic rings. The van der Waals surface area contributed by atoms with Crippen LogP contribution in [0.4, 0.5) is 0 Å². The highest BCUT2D eigenvalue weighted by atomic mass is 16.5. The maximum Gasteiger partial charge on any atom is 0.303 e. The molecule has 4 heteroatoms. The first kappa shape index (κ1) is 14.4. The molecule has 0 spiro atoms. The Bertz CT molecular complexity index is 160. The number of hydrogen-bond donors (Lipinski definition) is 2. The lowest BCUT2D eigenvalue weighted by Gasteiger charge is -2.07. The third kappa shape index (κ3) is 13.4. The Morgan fingerprint density at radius 1 is 1.33 bits per heavy atom. The van der Waals surface area contributed by atoms with E-state index < -0.39 is 5.97 Å². The van der Waals surface area contributed by atoms with Gasteiger partial charge in [0.15, 0.2) is 0 Å². The van der Waals surface area contributed by atoms with Crippen molar-refractivity contribution in [3.63, 3.8) is 0 Å². The molecule has 90 valence electrons. The average molecular weight is 217 g/mol. The largest absolute Gasteiger partial charge is 0.481 e. The van der Waals surface area contributed by atoms with E-state index >= 15 is 0 Å². The van der Waals surface area contributed by atoms with Gasteiger partial charge in [-0.3, -0.25) is 4.79 Å². The second-order valence-corrected chi connectivity index (χ2v) is 4.07. The minimum absolute atomic E-state index is 0.247. The molecule has 0 saturated carbocycles. The summed E-state index contributed by atoms with van der Waals surface area (Å²) in [5.74, 6) is -0.134. The van der Waals surface area contributed by atoms with Gasteiger partial charge in [0.1, 0.15) is 0 Å². The Morgan fingerprint density at radius 3 is 2.60 bits per heavy atom. The zero-order chi connectivity index (χ0) is 11.5. The fourth-order valence-corrected chi connectivity index (χ4v) is 1.11. The summed E-state index contributed by atoms with van der Waals surface area (Å²) in [6.45, 7) is 7.53. The highest BCUT2D eigenvalue weighted by Crippen LogP contribution is 1.93. The molecule has 0 fully saturated rings. The molecule has 15 heavy (non-hydrogen) atoms. The Morgan fingerprint density at radius 2 is 2.00 bits per heavy atom. The van der Waals surface area contributed by atoms with Crippen molar-refractivity contribution in [2.45, 2.75) is 33.1 Å². The van der Waals surface area contributed by atoms with Gasteiger partial charge in [-0.15, -0.1) is 0 Å². The van der Waals surface area contributed by atoms with Crippen LogP contribution in [0.25, 0.3) is 0 Å². The van der Waals surface area contributed by atoms with Gasteiger partial charge >= 0.3 is 5.97 Å². The highest BCUT2D eigenvalue weighted by Gasteiger charge is 1.96. The highest BCUT2D eigenvalue weighted by molar-refractivity contribution is 5.66. The van der Waals surface area contributed by atoms with Gasteiger partial charge in [-0.1, -0.05) is 13.8 Å². The van der Waals surface area contributed by atoms with Crippen LogP contribution >= 0.6 is 0 Å². The summed E-state index contributed by atoms with van der Waals surface area (Å²) < 4.78 is 5.41. The number of carboxylic acids is 1. The van der Waals surface area contributed by atoms with Gasteiger partial charge < -0.3 is 15.2 Å². The molecule has 0 aliphatic rings. The molecule has 0 aromatic heterocycles. The number of ether oxygens (including phenoxy) is 1. The van der Waals surface area contributed by atoms with E-state index in [1.54, 1.807) is 0 Å². The van der Waals surface area contributed by atoms with Gasteiger partial charge in [-0.25, -0.2) is 0 Å². The predicted octanol–water partition coefficient (Wildman–Crippen LogP) is 1.50. The van der Waals surface area contributed by atoms with Crippen molar-refractivity contribution >= 4 is 5.97 Å². The molecule has 0 bridgehead atoms. The van der Waals surface area contributed by atoms with E-state index in [2.05, 4.69) is 19.2 Å². The Balaban J connectivity index is 2.96. The first-order valence-corrected chi connectivity index (χ1v) is 5.63. The molecule has 0 aliphatic heterocycles. The fourth-order valence-electron chi connectivity index (χ4n) is 1.11. The molecule has 0 amide bonds. The van der Waals surface area contributed by atoms with Crippen LogP contribution in [-0.4, -0.2) is 37.4 Å². The van der Waals surface area contributed by atoms with Crippen molar-refractivity contribution in [3.8, 4) is 0 Å². The second-order valence-electron chi connectivity index (χ2n) is 4.07. The zero-order valence-electron chi connectivity index (χ0n) is 9.79. The maximum absolute atomic E-state index is 10.2. The Hall–Kier alpha value is -0.610. The van der Waals surface area contributed by atoms with Gasteiger partial charge in [0.25, 0.3) is 0 Å². The minimum atomic E-state index is -0.725. The van der Waals surface area contributed by atoms with Crippen molar-refractivity contribution < 1.29 is 14.6 Å². The SMILES string of the molecule is CC(C)COCCCNCCCC(=O)O. The lowest BCUT2D eigenvalue weighted by Crippen LogP contribution is -2.19. The summed E-state index contributed by atoms with van der Waals surface area (Å²) in [6.07, 6.45) is 1.93. The van der Waals surface area contributed by atoms with Crippen LogP contribution in [-0.2, 0) is 9.53 Å². The van der Waals surface area contributed by atoms with Crippen molar-refractivity contribution in [1.29, 1.82) is 0 Å². The van der Waals surface area contributed by atoms with E-state index in [1.165, 1.54) is 0 Å². The fraction of sp³-hybridized carbons (Fsp3) is 0.909. The number of carboxylic acid groups (broad SMARTS) is 1. The smallest absolute Gasteiger partial charge is 0.303 e. The molecule has 0 radical (unpaired) electrons. The molecule has 0 rings (SSSR count). The van der Waals surface area contributed by atoms with Crippen LogP contribution in [0.1, 0.15) is 33.1 Å². The molecule has 2 N–H and O–H groups in total. The maximum atomic E-state index is 10.2. The van der Waals surface area contributed by atoms with Crippen molar-refractivity contribution in [2.24, 2.45) is 5.92 Å². The van der Waals surface area contributed by atoms with Gasteiger partial charge in [0.05, 0.1) is 0 Å². The molecule has 0 atom stereocenters. The molecular formula is C11H23NO3. The van der Waals surface area contributed by atoms with Gasteiger partial charge in [-0.2, -0.15) is 0 Å². The third-order valence-electron chi connectivity index (χ3n) is 1.84. The number of hydrogen-bond acceptors (Lipinski definition) is 3. The van der Waals surface area contributed by atoms with Crippen LogP contribution in [0.2, 0.25) is 0 Å². The molecule has 4 nitrogen and oxygen atoms in total. The van der Waals surface area contributed by atoms with E-state index in [1.807, 2.05) is 0 Å². The summed E-state index contributed by atoms with van der Waals surface area (Å²) in [6, 6.07) is 0. The van der Waals surface area contributed by atoms with Crippen LogP contribution in [0.15, 0.2) is 0 Å². The first-order chi connectivity index (χ1) is 7.13. The predicted molar refractivity (Wildman–Crippen MR) is 60.0 cm³/mol. The summed E-state index contributed by atoms with van der Waals surface area (Å²) in [5.41, 5.74) is 0. The van der Waals surface area contributed by atoms with Crippen molar-refractivity contribution in [1.82, 2.24) is 5.32 Å². The van der Waals surface area contributed by atoms with E-state index in [9.17, 15) is 4.79 Å². The molecular weight excluding hydrogens is 194 g/mol. The normalized spacial score (nSPS) is 10.9. The lowest BCUT2D eigenvalue weighted by atomic mass is 10.2. The number of nitrogens with one attached hydrogen (secondary N) is 1. The summed E-state index contributed by atoms with van der Waals surface area (Å²) >= 11 is 0. The number of rotatable bonds is 10. The molecule has 0 saturated heterocycles. The lowest BCUT2D eigenvalue weighted by molar-refractivity contribution is -0.137. The molecule has 0 unspecified atom stereocenters. The van der Waals surface area contributed by atoms with E-state index in [4.69, 9.17) is 9.84 Å². The first-order valence-electron chi connectivity index (χ1n) is 5.63. The van der Waals surface area contributed by atoms with Crippen molar-refractivity contribution in [3.05, 3.63) is 0 Å². The summed E-state index contributed by atoms with van der Waals surface area (Å²) in [7, 11) is 0. The van der Waals surface area contributed by atoms with Crippen molar-refractivity contribution in [2.75, 3.05) is 26.3 Å². The third-order valence-corrected chi connectivity index (χ3v) is 1.84. The standard InChI is InChI=1S/C11H23NO3/c1-10(2)9-15-8-4-7-12-6-3-5-11(13)14/h10,12H,3-9H2,1-2H3,(H,13,14). The van der Waals surface area contributed by atoms with E-state index in [-0.39, 0.29) is 6.42 Å². The Labute approximate surface area is 92.0 Å². The van der Waals surface area contributed by atoms with Crippen LogP contribution < -0.4 is 5.32 Å². The topological polar surface area (TPSA) is 58.6 Å². The van der Waals surface area contributed by atoms with Crippen LogP contribution in [0, 0.1) is 5.92 Å². The number of carbonyl (C=O) groups is 1. The average Bonchev–Trinajstić information content (AvgIpc) is 2.14. The quantitative estimate of drug-likeness (QED) is 0.544. The zero-order valence-corrected chi connectivity index (χ0v) is 9.79. The minimum Gasteiger partial charge on any atom is -0.481 e. The van der Waals surface area contributed by atoms with Gasteiger partial charge in [0.2, 0.25) is 0 Å². The number of aliphatic carboxylic acids is 1. The molecule has 0 aromatic carbocycles. The molecule has 0 aliphatic carbocycles.